The fourth-order valence-electron chi connectivity index (χ4n) is 2.18. The van der Waals surface area contributed by atoms with Gasteiger partial charge in [0.25, 0.3) is 0 Å². The summed E-state index contributed by atoms with van der Waals surface area (Å²) in [7, 11) is 0. The molecule has 1 N–H and O–H groups in total. The van der Waals surface area contributed by atoms with Gasteiger partial charge < -0.3 is 10.0 Å². The largest absolute Gasteiger partial charge is 0.396 e. The van der Waals surface area contributed by atoms with Gasteiger partial charge in [-0.25, -0.2) is 0 Å². The Morgan fingerprint density at radius 1 is 0.833 bits per heavy atom. The van der Waals surface area contributed by atoms with Crippen LogP contribution in [-0.2, 0) is 4.79 Å². The Balaban J connectivity index is 3.27. The third-order valence-corrected chi connectivity index (χ3v) is 3.41. The van der Waals surface area contributed by atoms with Gasteiger partial charge in [0.15, 0.2) is 0 Å². The van der Waals surface area contributed by atoms with E-state index in [2.05, 4.69) is 0 Å². The molecule has 0 unspecified atom stereocenters. The summed E-state index contributed by atoms with van der Waals surface area (Å²) in [5.74, 6) is 0.308. The zero-order chi connectivity index (χ0) is 13.6. The Bertz CT molecular complexity index is 191. The van der Waals surface area contributed by atoms with Crippen molar-refractivity contribution in [2.24, 2.45) is 0 Å². The molecule has 0 aromatic carbocycles. The number of unbranched alkanes of at least 4 members (excludes halogenated alkanes) is 7. The van der Waals surface area contributed by atoms with Crippen LogP contribution in [-0.4, -0.2) is 35.6 Å². The molecule has 108 valence electrons. The first-order valence-electron chi connectivity index (χ1n) is 7.64. The first kappa shape index (κ1) is 17.4. The maximum atomic E-state index is 11.7. The minimum atomic E-state index is 0.308. The lowest BCUT2D eigenvalue weighted by Gasteiger charge is -2.18. The van der Waals surface area contributed by atoms with E-state index in [1.807, 2.05) is 18.7 Å². The van der Waals surface area contributed by atoms with Crippen molar-refractivity contribution in [2.45, 2.75) is 71.6 Å². The number of carbonyl (C=O) groups excluding carboxylic acids is 1. The van der Waals surface area contributed by atoms with Gasteiger partial charge in [0.2, 0.25) is 5.91 Å². The zero-order valence-corrected chi connectivity index (χ0v) is 12.3. The maximum absolute atomic E-state index is 11.7. The average molecular weight is 257 g/mol. The summed E-state index contributed by atoms with van der Waals surface area (Å²) >= 11 is 0. The maximum Gasteiger partial charge on any atom is 0.222 e. The molecule has 0 aromatic heterocycles. The van der Waals surface area contributed by atoms with E-state index < -0.39 is 0 Å². The van der Waals surface area contributed by atoms with Crippen molar-refractivity contribution < 1.29 is 9.90 Å². The second kappa shape index (κ2) is 12.9. The molecular formula is C15H31NO2. The standard InChI is InChI=1S/C15H31NO2/c1-3-16(4-2)15(18)13-11-9-7-5-6-8-10-12-14-17/h17H,3-14H2,1-2H3. The summed E-state index contributed by atoms with van der Waals surface area (Å²) in [5, 5.41) is 8.64. The molecule has 3 nitrogen and oxygen atoms in total. The average Bonchev–Trinajstić information content (AvgIpc) is 2.38. The molecule has 0 aromatic rings. The lowest BCUT2D eigenvalue weighted by molar-refractivity contribution is -0.130. The molecule has 0 atom stereocenters. The molecule has 0 radical (unpaired) electrons. The molecule has 0 aliphatic rings. The lowest BCUT2D eigenvalue weighted by atomic mass is 10.1. The first-order chi connectivity index (χ1) is 8.76. The van der Waals surface area contributed by atoms with Gasteiger partial charge in [0, 0.05) is 26.1 Å². The van der Waals surface area contributed by atoms with Crippen LogP contribution in [0.5, 0.6) is 0 Å². The van der Waals surface area contributed by atoms with Crippen LogP contribution in [0.25, 0.3) is 0 Å². The van der Waals surface area contributed by atoms with Crippen molar-refractivity contribution in [3.63, 3.8) is 0 Å². The quantitative estimate of drug-likeness (QED) is 0.545. The van der Waals surface area contributed by atoms with Crippen LogP contribution in [0.2, 0.25) is 0 Å². The van der Waals surface area contributed by atoms with E-state index in [4.69, 9.17) is 5.11 Å². The van der Waals surface area contributed by atoms with E-state index in [9.17, 15) is 4.79 Å². The number of nitrogens with zero attached hydrogens (tertiary/aromatic N) is 1. The summed E-state index contributed by atoms with van der Waals surface area (Å²) in [6.07, 6.45) is 10.0. The van der Waals surface area contributed by atoms with Gasteiger partial charge in [-0.1, -0.05) is 38.5 Å². The minimum Gasteiger partial charge on any atom is -0.396 e. The normalized spacial score (nSPS) is 10.6. The molecule has 0 heterocycles. The topological polar surface area (TPSA) is 40.5 Å². The zero-order valence-electron chi connectivity index (χ0n) is 12.3. The van der Waals surface area contributed by atoms with Crippen LogP contribution in [0.4, 0.5) is 0 Å². The van der Waals surface area contributed by atoms with Crippen molar-refractivity contribution >= 4 is 5.91 Å². The summed E-state index contributed by atoms with van der Waals surface area (Å²) in [5.41, 5.74) is 0. The molecule has 18 heavy (non-hydrogen) atoms. The highest BCUT2D eigenvalue weighted by molar-refractivity contribution is 5.75. The predicted molar refractivity (Wildman–Crippen MR) is 76.6 cm³/mol. The molecule has 0 saturated heterocycles. The number of aliphatic hydroxyl groups is 1. The Hall–Kier alpha value is -0.570. The molecule has 0 aliphatic carbocycles. The molecule has 1 amide bonds. The summed E-state index contributed by atoms with van der Waals surface area (Å²) < 4.78 is 0. The highest BCUT2D eigenvalue weighted by Gasteiger charge is 2.07. The van der Waals surface area contributed by atoms with Crippen LogP contribution >= 0.6 is 0 Å². The van der Waals surface area contributed by atoms with Crippen LogP contribution in [0.1, 0.15) is 71.6 Å². The third kappa shape index (κ3) is 9.46. The number of carbonyl (C=O) groups is 1. The third-order valence-electron chi connectivity index (χ3n) is 3.41. The minimum absolute atomic E-state index is 0.308. The molecule has 0 bridgehead atoms. The molecule has 0 aliphatic heterocycles. The van der Waals surface area contributed by atoms with E-state index >= 15 is 0 Å². The monoisotopic (exact) mass is 257 g/mol. The van der Waals surface area contributed by atoms with E-state index in [0.717, 1.165) is 32.4 Å². The van der Waals surface area contributed by atoms with Crippen molar-refractivity contribution in [2.75, 3.05) is 19.7 Å². The summed E-state index contributed by atoms with van der Waals surface area (Å²) in [4.78, 5) is 13.6. The molecule has 0 spiro atoms. The highest BCUT2D eigenvalue weighted by Crippen LogP contribution is 2.10. The van der Waals surface area contributed by atoms with Crippen LogP contribution in [0.15, 0.2) is 0 Å². The van der Waals surface area contributed by atoms with Crippen molar-refractivity contribution in [1.29, 1.82) is 0 Å². The fourth-order valence-corrected chi connectivity index (χ4v) is 2.18. The second-order valence-electron chi connectivity index (χ2n) is 4.87. The number of hydrogen-bond donors (Lipinski definition) is 1. The van der Waals surface area contributed by atoms with E-state index in [0.29, 0.717) is 18.9 Å². The number of rotatable bonds is 12. The van der Waals surface area contributed by atoms with Gasteiger partial charge in [0.05, 0.1) is 0 Å². The van der Waals surface area contributed by atoms with Gasteiger partial charge in [0.1, 0.15) is 0 Å². The number of hydrogen-bond acceptors (Lipinski definition) is 2. The van der Waals surface area contributed by atoms with E-state index in [1.54, 1.807) is 0 Å². The van der Waals surface area contributed by atoms with Gasteiger partial charge in [-0.15, -0.1) is 0 Å². The second-order valence-corrected chi connectivity index (χ2v) is 4.87. The van der Waals surface area contributed by atoms with Crippen molar-refractivity contribution in [1.82, 2.24) is 4.90 Å². The van der Waals surface area contributed by atoms with Crippen LogP contribution < -0.4 is 0 Å². The SMILES string of the molecule is CCN(CC)C(=O)CCCCCCCCCCO. The van der Waals surface area contributed by atoms with Gasteiger partial charge >= 0.3 is 0 Å². The fraction of sp³-hybridized carbons (Fsp3) is 0.933. The number of amides is 1. The summed E-state index contributed by atoms with van der Waals surface area (Å²) in [6, 6.07) is 0. The summed E-state index contributed by atoms with van der Waals surface area (Å²) in [6.45, 7) is 6.06. The van der Waals surface area contributed by atoms with Crippen LogP contribution in [0.3, 0.4) is 0 Å². The molecule has 0 fully saturated rings. The molecular weight excluding hydrogens is 226 g/mol. The smallest absolute Gasteiger partial charge is 0.222 e. The molecule has 3 heteroatoms. The lowest BCUT2D eigenvalue weighted by Crippen LogP contribution is -2.30. The highest BCUT2D eigenvalue weighted by atomic mass is 16.2. The Morgan fingerprint density at radius 3 is 1.72 bits per heavy atom. The first-order valence-corrected chi connectivity index (χ1v) is 7.64. The molecule has 0 saturated carbocycles. The number of aliphatic hydroxyl groups excluding tert-OH is 1. The Labute approximate surface area is 113 Å². The van der Waals surface area contributed by atoms with Gasteiger partial charge in [-0.3, -0.25) is 4.79 Å². The Kier molecular flexibility index (Phi) is 12.5. The molecule has 0 rings (SSSR count). The van der Waals surface area contributed by atoms with Crippen molar-refractivity contribution in [3.8, 4) is 0 Å². The van der Waals surface area contributed by atoms with E-state index in [1.165, 1.54) is 32.1 Å². The Morgan fingerprint density at radius 2 is 1.28 bits per heavy atom. The van der Waals surface area contributed by atoms with Gasteiger partial charge in [-0.2, -0.15) is 0 Å². The van der Waals surface area contributed by atoms with Crippen molar-refractivity contribution in [3.05, 3.63) is 0 Å². The van der Waals surface area contributed by atoms with Crippen LogP contribution in [0, 0.1) is 0 Å². The predicted octanol–water partition coefficient (Wildman–Crippen LogP) is 3.36. The van der Waals surface area contributed by atoms with Gasteiger partial charge in [-0.05, 0) is 26.7 Å². The van der Waals surface area contributed by atoms with E-state index in [-0.39, 0.29) is 0 Å².